The fraction of sp³-hybridized carbons (Fsp3) is 0.176. The first-order chi connectivity index (χ1) is 12.0. The number of aromatic nitrogens is 2. The zero-order valence-corrected chi connectivity index (χ0v) is 14.2. The minimum absolute atomic E-state index is 0.122. The molecule has 1 N–H and O–H groups in total. The molecular weight excluding hydrogens is 340 g/mol. The van der Waals surface area contributed by atoms with Gasteiger partial charge in [0.25, 0.3) is 11.5 Å². The van der Waals surface area contributed by atoms with Crippen molar-refractivity contribution in [1.29, 1.82) is 5.26 Å². The fourth-order valence-electron chi connectivity index (χ4n) is 2.58. The highest BCUT2D eigenvalue weighted by molar-refractivity contribution is 7.17. The lowest BCUT2D eigenvalue weighted by Gasteiger charge is -2.09. The van der Waals surface area contributed by atoms with Gasteiger partial charge in [-0.25, -0.2) is 4.79 Å². The molecule has 3 aromatic rings. The highest BCUT2D eigenvalue weighted by atomic mass is 32.1. The van der Waals surface area contributed by atoms with Crippen LogP contribution in [-0.4, -0.2) is 21.6 Å². The van der Waals surface area contributed by atoms with Gasteiger partial charge in [0.1, 0.15) is 11.4 Å². The minimum atomic E-state index is -0.509. The summed E-state index contributed by atoms with van der Waals surface area (Å²) in [6.45, 7) is -0.0302. The number of aryl methyl sites for hydroxylation is 1. The molecule has 0 aliphatic carbocycles. The van der Waals surface area contributed by atoms with Gasteiger partial charge >= 0.3 is 5.69 Å². The van der Waals surface area contributed by atoms with Crippen LogP contribution in [0.2, 0.25) is 0 Å². The Labute approximate surface area is 146 Å². The lowest BCUT2D eigenvalue weighted by molar-refractivity contribution is 0.0960. The van der Waals surface area contributed by atoms with E-state index in [1.165, 1.54) is 9.95 Å². The Morgan fingerprint density at radius 2 is 2.00 bits per heavy atom. The average Bonchev–Trinajstić information content (AvgIpc) is 3.08. The van der Waals surface area contributed by atoms with Gasteiger partial charge in [0.05, 0.1) is 23.6 Å². The predicted octanol–water partition coefficient (Wildman–Crippen LogP) is 1.06. The Morgan fingerprint density at radius 3 is 2.68 bits per heavy atom. The van der Waals surface area contributed by atoms with E-state index in [4.69, 9.17) is 5.26 Å². The molecule has 0 saturated heterocycles. The molecule has 0 spiro atoms. The number of carbonyl (C=O) groups excluding carboxylic acids is 1. The molecule has 0 aliphatic rings. The SMILES string of the molecule is Cn1c(=O)n(Cc2ccccc2)c(=O)c2c(C(=O)NCC#N)csc21. The van der Waals surface area contributed by atoms with E-state index >= 15 is 0 Å². The molecule has 2 aromatic heterocycles. The van der Waals surface area contributed by atoms with Crippen LogP contribution in [-0.2, 0) is 13.6 Å². The number of hydrogen-bond donors (Lipinski definition) is 1. The van der Waals surface area contributed by atoms with E-state index in [-0.39, 0.29) is 24.0 Å². The first-order valence-electron chi connectivity index (χ1n) is 7.44. The van der Waals surface area contributed by atoms with E-state index in [0.29, 0.717) is 4.83 Å². The van der Waals surface area contributed by atoms with Gasteiger partial charge in [-0.1, -0.05) is 30.3 Å². The van der Waals surface area contributed by atoms with Crippen LogP contribution in [0.1, 0.15) is 15.9 Å². The summed E-state index contributed by atoms with van der Waals surface area (Å²) in [5.41, 5.74) is 0.0434. The quantitative estimate of drug-likeness (QED) is 0.709. The Kier molecular flexibility index (Phi) is 4.50. The zero-order valence-electron chi connectivity index (χ0n) is 13.4. The van der Waals surface area contributed by atoms with Gasteiger partial charge < -0.3 is 5.32 Å². The number of nitrogens with one attached hydrogen (secondary N) is 1. The number of rotatable bonds is 4. The van der Waals surface area contributed by atoms with Crippen LogP contribution in [0.4, 0.5) is 0 Å². The maximum atomic E-state index is 12.9. The van der Waals surface area contributed by atoms with Crippen LogP contribution in [0.5, 0.6) is 0 Å². The fourth-order valence-corrected chi connectivity index (χ4v) is 3.58. The topological polar surface area (TPSA) is 96.9 Å². The number of carbonyl (C=O) groups is 1. The molecule has 0 unspecified atom stereocenters. The van der Waals surface area contributed by atoms with Crippen LogP contribution in [0.3, 0.4) is 0 Å². The van der Waals surface area contributed by atoms with Crippen LogP contribution >= 0.6 is 11.3 Å². The van der Waals surface area contributed by atoms with Crippen molar-refractivity contribution in [1.82, 2.24) is 14.5 Å². The monoisotopic (exact) mass is 354 g/mol. The minimum Gasteiger partial charge on any atom is -0.339 e. The van der Waals surface area contributed by atoms with Crippen molar-refractivity contribution < 1.29 is 4.79 Å². The van der Waals surface area contributed by atoms with Crippen LogP contribution < -0.4 is 16.6 Å². The highest BCUT2D eigenvalue weighted by Gasteiger charge is 2.20. The Bertz CT molecular complexity index is 1100. The van der Waals surface area contributed by atoms with Crippen LogP contribution in [0.15, 0.2) is 45.3 Å². The number of hydrogen-bond acceptors (Lipinski definition) is 5. The molecule has 126 valence electrons. The maximum absolute atomic E-state index is 12.9. The summed E-state index contributed by atoms with van der Waals surface area (Å²) in [5.74, 6) is -0.505. The van der Waals surface area contributed by atoms with Gasteiger partial charge in [-0.15, -0.1) is 11.3 Å². The summed E-state index contributed by atoms with van der Waals surface area (Å²) in [6, 6.07) is 11.0. The van der Waals surface area contributed by atoms with Gasteiger partial charge in [-0.2, -0.15) is 5.26 Å². The van der Waals surface area contributed by atoms with Crippen molar-refractivity contribution in [3.8, 4) is 6.07 Å². The summed E-state index contributed by atoms with van der Waals surface area (Å²) in [4.78, 5) is 38.1. The summed E-state index contributed by atoms with van der Waals surface area (Å²) < 4.78 is 2.48. The number of amides is 1. The van der Waals surface area contributed by atoms with Crippen LogP contribution in [0.25, 0.3) is 10.2 Å². The number of thiophene rings is 1. The van der Waals surface area contributed by atoms with Gasteiger partial charge in [-0.3, -0.25) is 18.7 Å². The molecule has 25 heavy (non-hydrogen) atoms. The van der Waals surface area contributed by atoms with Crippen LogP contribution in [0, 0.1) is 11.3 Å². The number of nitrogens with zero attached hydrogens (tertiary/aromatic N) is 3. The molecule has 0 fully saturated rings. The second kappa shape index (κ2) is 6.75. The molecule has 2 heterocycles. The molecule has 0 bridgehead atoms. The van der Waals surface area contributed by atoms with Gasteiger partial charge in [-0.05, 0) is 5.56 Å². The van der Waals surface area contributed by atoms with E-state index in [1.807, 2.05) is 36.4 Å². The molecule has 0 atom stereocenters. The second-order valence-electron chi connectivity index (χ2n) is 5.39. The van der Waals surface area contributed by atoms with Gasteiger partial charge in [0, 0.05) is 12.4 Å². The third kappa shape index (κ3) is 2.97. The van der Waals surface area contributed by atoms with Gasteiger partial charge in [0.2, 0.25) is 0 Å². The average molecular weight is 354 g/mol. The highest BCUT2D eigenvalue weighted by Crippen LogP contribution is 2.21. The molecule has 3 rings (SSSR count). The van der Waals surface area contributed by atoms with E-state index in [9.17, 15) is 14.4 Å². The van der Waals surface area contributed by atoms with Crippen molar-refractivity contribution in [2.24, 2.45) is 7.05 Å². The first-order valence-corrected chi connectivity index (χ1v) is 8.32. The van der Waals surface area contributed by atoms with Crippen molar-refractivity contribution in [2.75, 3.05) is 6.54 Å². The van der Waals surface area contributed by atoms with Crippen molar-refractivity contribution >= 4 is 27.5 Å². The Hall–Kier alpha value is -3.18. The maximum Gasteiger partial charge on any atom is 0.332 e. The third-order valence-corrected chi connectivity index (χ3v) is 4.86. The Morgan fingerprint density at radius 1 is 1.28 bits per heavy atom. The molecule has 7 nitrogen and oxygen atoms in total. The second-order valence-corrected chi connectivity index (χ2v) is 6.25. The molecule has 1 aromatic carbocycles. The molecule has 0 saturated carbocycles. The smallest absolute Gasteiger partial charge is 0.332 e. The van der Waals surface area contributed by atoms with E-state index < -0.39 is 17.2 Å². The molecule has 8 heteroatoms. The molecule has 0 aliphatic heterocycles. The zero-order chi connectivity index (χ0) is 18.0. The largest absolute Gasteiger partial charge is 0.339 e. The summed E-state index contributed by atoms with van der Waals surface area (Å²) in [5, 5.41) is 12.8. The molecule has 1 amide bonds. The number of benzene rings is 1. The normalized spacial score (nSPS) is 10.6. The lowest BCUT2D eigenvalue weighted by Crippen LogP contribution is -2.39. The summed E-state index contributed by atoms with van der Waals surface area (Å²) >= 11 is 1.15. The van der Waals surface area contributed by atoms with E-state index in [2.05, 4.69) is 5.32 Å². The van der Waals surface area contributed by atoms with E-state index in [0.717, 1.165) is 21.5 Å². The van der Waals surface area contributed by atoms with E-state index in [1.54, 1.807) is 7.05 Å². The summed E-state index contributed by atoms with van der Waals surface area (Å²) in [6.07, 6.45) is 0. The van der Waals surface area contributed by atoms with Crippen molar-refractivity contribution in [3.63, 3.8) is 0 Å². The van der Waals surface area contributed by atoms with Crippen molar-refractivity contribution in [2.45, 2.75) is 6.54 Å². The molecule has 0 radical (unpaired) electrons. The number of fused-ring (bicyclic) bond motifs is 1. The molecular formula is C17H14N4O3S. The van der Waals surface area contributed by atoms with Crippen molar-refractivity contribution in [3.05, 3.63) is 67.7 Å². The first kappa shape index (κ1) is 16.7. The third-order valence-electron chi connectivity index (χ3n) is 3.81. The predicted molar refractivity (Wildman–Crippen MR) is 94.8 cm³/mol. The summed E-state index contributed by atoms with van der Waals surface area (Å²) in [7, 11) is 1.57. The number of nitriles is 1. The van der Waals surface area contributed by atoms with Gasteiger partial charge in [0.15, 0.2) is 0 Å². The lowest BCUT2D eigenvalue weighted by atomic mass is 10.2. The Balaban J connectivity index is 2.19. The standard InChI is InChI=1S/C17H14N4O3S/c1-20-16-13(12(10-25-16)14(22)19-8-7-18)15(23)21(17(20)24)9-11-5-3-2-4-6-11/h2-6,10H,8-9H2,1H3,(H,19,22).